The average molecular weight is 679 g/mol. The van der Waals surface area contributed by atoms with E-state index in [1.807, 2.05) is 44.2 Å². The summed E-state index contributed by atoms with van der Waals surface area (Å²) in [7, 11) is -4.25. The summed E-state index contributed by atoms with van der Waals surface area (Å²) in [6.07, 6.45) is 1.18. The lowest BCUT2D eigenvalue weighted by Gasteiger charge is -2.35. The van der Waals surface area contributed by atoms with Crippen molar-refractivity contribution >= 4 is 50.5 Å². The van der Waals surface area contributed by atoms with Crippen molar-refractivity contribution in [2.75, 3.05) is 18.4 Å². The third-order valence-corrected chi connectivity index (χ3v) is 9.66. The molecule has 0 saturated carbocycles. The number of aliphatic hydroxyl groups excluding tert-OH is 1. The van der Waals surface area contributed by atoms with E-state index in [-0.39, 0.29) is 54.2 Å². The molecular weight excluding hydrogens is 645 g/mol. The predicted molar refractivity (Wildman–Crippen MR) is 175 cm³/mol. The Hall–Kier alpha value is -4.70. The third-order valence-electron chi connectivity index (χ3n) is 7.02. The number of oxazole rings is 1. The number of thiazole rings is 1. The molecule has 3 heterocycles. The molecule has 0 radical (unpaired) electrons. The second-order valence-electron chi connectivity index (χ2n) is 11.0. The van der Waals surface area contributed by atoms with E-state index in [1.165, 1.54) is 46.1 Å². The number of fused-ring (bicyclic) bond motifs is 1. The van der Waals surface area contributed by atoms with Gasteiger partial charge in [0.2, 0.25) is 10.0 Å². The number of nitrogens with zero attached hydrogens (tertiary/aromatic N) is 4. The molecule has 3 N–H and O–H groups in total. The van der Waals surface area contributed by atoms with E-state index < -0.39 is 34.2 Å². The Balaban J connectivity index is 1.40. The highest BCUT2D eigenvalue weighted by atomic mass is 32.2. The maximum atomic E-state index is 14.3. The Bertz CT molecular complexity index is 1890. The summed E-state index contributed by atoms with van der Waals surface area (Å²) in [5.74, 6) is -0.651. The number of carbonyl (C=O) groups is 2. The molecule has 0 aliphatic heterocycles. The normalized spacial score (nSPS) is 13.0. The standard InChI is InChI=1S/C32H34N6O7S2/c1-21(2)18-38(27(14-22-8-4-3-5-9-22)28(39)17-35-32(41)44-19-23-16-33-20-46-23)47(42,43)24-11-12-25-29(15-24)45-31(36-25)37-30(40)26-10-6-7-13-34-26/h3-13,15-16,20-21,27-28,39H,14,17-19H2,1-2H3,(H,35,41)(H,36,37,40). The third kappa shape index (κ3) is 8.77. The van der Waals surface area contributed by atoms with Gasteiger partial charge in [-0.15, -0.1) is 11.3 Å². The number of ether oxygens (including phenoxy) is 1. The average Bonchev–Trinajstić information content (AvgIpc) is 3.74. The van der Waals surface area contributed by atoms with Crippen LogP contribution in [0, 0.1) is 5.92 Å². The Morgan fingerprint density at radius 3 is 2.57 bits per heavy atom. The largest absolute Gasteiger partial charge is 0.444 e. The molecule has 246 valence electrons. The van der Waals surface area contributed by atoms with Gasteiger partial charge >= 0.3 is 12.1 Å². The lowest BCUT2D eigenvalue weighted by Crippen LogP contribution is -2.52. The fourth-order valence-corrected chi connectivity index (χ4v) is 7.13. The Morgan fingerprint density at radius 1 is 1.09 bits per heavy atom. The van der Waals surface area contributed by atoms with Crippen LogP contribution in [0.3, 0.4) is 0 Å². The highest BCUT2D eigenvalue weighted by Gasteiger charge is 2.37. The van der Waals surface area contributed by atoms with E-state index in [1.54, 1.807) is 23.8 Å². The van der Waals surface area contributed by atoms with Crippen LogP contribution < -0.4 is 10.6 Å². The van der Waals surface area contributed by atoms with Gasteiger partial charge in [-0.25, -0.2) is 13.2 Å². The highest BCUT2D eigenvalue weighted by molar-refractivity contribution is 7.89. The topological polar surface area (TPSA) is 177 Å². The van der Waals surface area contributed by atoms with Crippen LogP contribution in [0.5, 0.6) is 0 Å². The van der Waals surface area contributed by atoms with Gasteiger partial charge in [-0.1, -0.05) is 50.2 Å². The summed E-state index contributed by atoms with van der Waals surface area (Å²) in [5, 5.41) is 16.5. The smallest absolute Gasteiger partial charge is 0.407 e. The molecule has 3 aromatic heterocycles. The van der Waals surface area contributed by atoms with Crippen LogP contribution in [0.2, 0.25) is 0 Å². The first kappa shape index (κ1) is 33.7. The van der Waals surface area contributed by atoms with E-state index in [4.69, 9.17) is 9.15 Å². The number of pyridine rings is 1. The van der Waals surface area contributed by atoms with Gasteiger partial charge < -0.3 is 19.6 Å². The van der Waals surface area contributed by atoms with Crippen molar-refractivity contribution in [3.63, 3.8) is 0 Å². The molecule has 0 fully saturated rings. The summed E-state index contributed by atoms with van der Waals surface area (Å²) >= 11 is 1.34. The summed E-state index contributed by atoms with van der Waals surface area (Å²) < 4.78 is 40.9. The quantitative estimate of drug-likeness (QED) is 0.152. The van der Waals surface area contributed by atoms with Crippen molar-refractivity contribution in [3.05, 3.63) is 101 Å². The first-order chi connectivity index (χ1) is 22.6. The number of hydrogen-bond acceptors (Lipinski definition) is 11. The van der Waals surface area contributed by atoms with Crippen molar-refractivity contribution in [2.45, 2.75) is 43.9 Å². The number of sulfonamides is 1. The molecule has 2 aromatic carbocycles. The van der Waals surface area contributed by atoms with Gasteiger partial charge in [0, 0.05) is 31.5 Å². The maximum Gasteiger partial charge on any atom is 0.407 e. The molecule has 5 rings (SSSR count). The SMILES string of the molecule is CC(C)CN(C(Cc1ccccc1)C(O)CNC(=O)OCc1cncs1)S(=O)(=O)c1ccc2nc(NC(=O)c3ccccn3)oc2c1. The molecular formula is C32H34N6O7S2. The lowest BCUT2D eigenvalue weighted by atomic mass is 10.0. The summed E-state index contributed by atoms with van der Waals surface area (Å²) in [6, 6.07) is 17.2. The minimum Gasteiger partial charge on any atom is -0.444 e. The van der Waals surface area contributed by atoms with Crippen LogP contribution in [0.15, 0.2) is 93.9 Å². The summed E-state index contributed by atoms with van der Waals surface area (Å²) in [4.78, 5) is 37.8. The number of amides is 2. The van der Waals surface area contributed by atoms with Crippen molar-refractivity contribution in [1.82, 2.24) is 24.6 Å². The minimum atomic E-state index is -4.25. The summed E-state index contributed by atoms with van der Waals surface area (Å²) in [5.41, 5.74) is 3.05. The molecule has 5 aromatic rings. The van der Waals surface area contributed by atoms with E-state index in [0.717, 1.165) is 10.4 Å². The first-order valence-electron chi connectivity index (χ1n) is 14.7. The zero-order chi connectivity index (χ0) is 33.4. The van der Waals surface area contributed by atoms with Gasteiger partial charge in [-0.05, 0) is 42.2 Å². The lowest BCUT2D eigenvalue weighted by molar-refractivity contribution is 0.0786. The molecule has 0 bridgehead atoms. The van der Waals surface area contributed by atoms with E-state index in [9.17, 15) is 23.1 Å². The Morgan fingerprint density at radius 2 is 1.87 bits per heavy atom. The minimum absolute atomic E-state index is 0.0204. The van der Waals surface area contributed by atoms with Crippen molar-refractivity contribution in [1.29, 1.82) is 0 Å². The molecule has 2 atom stereocenters. The van der Waals surface area contributed by atoms with Crippen molar-refractivity contribution in [2.24, 2.45) is 5.92 Å². The molecule has 0 aliphatic rings. The number of aliphatic hydroxyl groups is 1. The number of alkyl carbamates (subject to hydrolysis) is 1. The van der Waals surface area contributed by atoms with Crippen LogP contribution in [0.1, 0.15) is 34.8 Å². The number of benzene rings is 2. The van der Waals surface area contributed by atoms with Gasteiger partial charge in [0.15, 0.2) is 5.58 Å². The first-order valence-corrected chi connectivity index (χ1v) is 17.1. The van der Waals surface area contributed by atoms with Gasteiger partial charge in [-0.3, -0.25) is 20.1 Å². The van der Waals surface area contributed by atoms with Gasteiger partial charge in [0.1, 0.15) is 17.8 Å². The number of nitrogens with one attached hydrogen (secondary N) is 2. The zero-order valence-corrected chi connectivity index (χ0v) is 27.3. The predicted octanol–water partition coefficient (Wildman–Crippen LogP) is 4.48. The number of carbonyl (C=O) groups excluding carboxylic acids is 2. The van der Waals surface area contributed by atoms with Gasteiger partial charge in [-0.2, -0.15) is 9.29 Å². The Kier molecular flexibility index (Phi) is 10.9. The van der Waals surface area contributed by atoms with Crippen LogP contribution >= 0.6 is 11.3 Å². The number of rotatable bonds is 14. The van der Waals surface area contributed by atoms with E-state index in [0.29, 0.717) is 5.52 Å². The molecule has 13 nitrogen and oxygen atoms in total. The molecule has 47 heavy (non-hydrogen) atoms. The molecule has 0 spiro atoms. The molecule has 0 saturated heterocycles. The van der Waals surface area contributed by atoms with E-state index >= 15 is 0 Å². The van der Waals surface area contributed by atoms with Crippen LogP contribution in [-0.4, -0.2) is 70.0 Å². The maximum absolute atomic E-state index is 14.3. The van der Waals surface area contributed by atoms with Crippen LogP contribution in [0.25, 0.3) is 11.1 Å². The monoisotopic (exact) mass is 678 g/mol. The number of anilines is 1. The van der Waals surface area contributed by atoms with Crippen LogP contribution in [0.4, 0.5) is 10.8 Å². The molecule has 2 unspecified atom stereocenters. The van der Waals surface area contributed by atoms with Gasteiger partial charge in [0.25, 0.3) is 5.91 Å². The fourth-order valence-electron chi connectivity index (χ4n) is 4.79. The second-order valence-corrected chi connectivity index (χ2v) is 13.9. The summed E-state index contributed by atoms with van der Waals surface area (Å²) in [6.45, 7) is 3.59. The van der Waals surface area contributed by atoms with Crippen LogP contribution in [-0.2, 0) is 27.8 Å². The Labute approximate surface area is 275 Å². The fraction of sp³-hybridized carbons (Fsp3) is 0.281. The molecule has 15 heteroatoms. The highest BCUT2D eigenvalue weighted by Crippen LogP contribution is 2.28. The molecule has 2 amide bonds. The van der Waals surface area contributed by atoms with Crippen molar-refractivity contribution < 1.29 is 32.3 Å². The van der Waals surface area contributed by atoms with E-state index in [2.05, 4.69) is 25.6 Å². The zero-order valence-electron chi connectivity index (χ0n) is 25.6. The van der Waals surface area contributed by atoms with Gasteiger partial charge in [0.05, 0.1) is 27.4 Å². The molecule has 0 aliphatic carbocycles. The second kappa shape index (κ2) is 15.3. The van der Waals surface area contributed by atoms with Crippen molar-refractivity contribution in [3.8, 4) is 0 Å². The number of aromatic nitrogens is 3. The number of hydrogen-bond donors (Lipinski definition) is 3.